The number of carbonyl (C=O) groups excluding carboxylic acids is 1. The first-order valence-corrected chi connectivity index (χ1v) is 7.77. The highest BCUT2D eigenvalue weighted by Gasteiger charge is 2.20. The third kappa shape index (κ3) is 4.60. The molecule has 2 unspecified atom stereocenters. The first kappa shape index (κ1) is 13.9. The molecule has 3 nitrogen and oxygen atoms in total. The number of nitrogens with one attached hydrogen (secondary N) is 2. The van der Waals surface area contributed by atoms with Crippen LogP contribution in [0.2, 0.25) is 0 Å². The second-order valence-corrected chi connectivity index (χ2v) is 6.21. The fourth-order valence-corrected chi connectivity index (χ4v) is 3.36. The Morgan fingerprint density at radius 3 is 2.61 bits per heavy atom. The number of hydrogen-bond donors (Lipinski definition) is 2. The zero-order chi connectivity index (χ0) is 12.8. The maximum absolute atomic E-state index is 11.9. The summed E-state index contributed by atoms with van der Waals surface area (Å²) >= 11 is 0. The van der Waals surface area contributed by atoms with Crippen molar-refractivity contribution >= 4 is 5.91 Å². The Morgan fingerprint density at radius 1 is 1.11 bits per heavy atom. The van der Waals surface area contributed by atoms with Crippen LogP contribution in [0, 0.1) is 5.92 Å². The predicted molar refractivity (Wildman–Crippen MR) is 74.4 cm³/mol. The summed E-state index contributed by atoms with van der Waals surface area (Å²) in [5, 5.41) is 6.68. The van der Waals surface area contributed by atoms with Crippen molar-refractivity contribution in [2.24, 2.45) is 5.92 Å². The van der Waals surface area contributed by atoms with Crippen molar-refractivity contribution in [1.82, 2.24) is 10.6 Å². The van der Waals surface area contributed by atoms with E-state index in [-0.39, 0.29) is 5.91 Å². The van der Waals surface area contributed by atoms with Crippen LogP contribution in [0.5, 0.6) is 0 Å². The number of carbonyl (C=O) groups is 1. The lowest BCUT2D eigenvalue weighted by atomic mass is 9.87. The first-order valence-electron chi connectivity index (χ1n) is 7.77. The molecule has 1 aliphatic heterocycles. The SMILES string of the molecule is CC1CCCC(CNC(=O)CC2CCCCC2)N1. The average Bonchev–Trinajstić information content (AvgIpc) is 2.38. The van der Waals surface area contributed by atoms with Crippen molar-refractivity contribution in [2.45, 2.75) is 76.8 Å². The molecule has 0 aromatic heterocycles. The molecule has 2 atom stereocenters. The predicted octanol–water partition coefficient (Wildman–Crippen LogP) is 2.60. The summed E-state index contributed by atoms with van der Waals surface area (Å²) in [5.74, 6) is 0.916. The standard InChI is InChI=1S/C15H28N2O/c1-12-6-5-9-14(17-12)11-16-15(18)10-13-7-3-2-4-8-13/h12-14,17H,2-11H2,1H3,(H,16,18). The van der Waals surface area contributed by atoms with E-state index >= 15 is 0 Å². The van der Waals surface area contributed by atoms with E-state index < -0.39 is 0 Å². The molecule has 0 radical (unpaired) electrons. The van der Waals surface area contributed by atoms with E-state index in [9.17, 15) is 4.79 Å². The normalized spacial score (nSPS) is 30.1. The lowest BCUT2D eigenvalue weighted by Crippen LogP contribution is -2.47. The smallest absolute Gasteiger partial charge is 0.220 e. The van der Waals surface area contributed by atoms with E-state index in [1.165, 1.54) is 51.4 Å². The van der Waals surface area contributed by atoms with Crippen LogP contribution >= 0.6 is 0 Å². The Kier molecular flexibility index (Phi) is 5.48. The van der Waals surface area contributed by atoms with Gasteiger partial charge in [-0.2, -0.15) is 0 Å². The molecule has 1 amide bonds. The number of piperidine rings is 1. The summed E-state index contributed by atoms with van der Waals surface area (Å²) in [6, 6.07) is 1.10. The van der Waals surface area contributed by atoms with Crippen LogP contribution in [-0.2, 0) is 4.79 Å². The quantitative estimate of drug-likeness (QED) is 0.807. The Bertz CT molecular complexity index is 261. The van der Waals surface area contributed by atoms with Crippen molar-refractivity contribution in [3.63, 3.8) is 0 Å². The second-order valence-electron chi connectivity index (χ2n) is 6.21. The lowest BCUT2D eigenvalue weighted by Gasteiger charge is -2.29. The van der Waals surface area contributed by atoms with E-state index in [1.54, 1.807) is 0 Å². The molecule has 18 heavy (non-hydrogen) atoms. The van der Waals surface area contributed by atoms with Crippen LogP contribution in [-0.4, -0.2) is 24.5 Å². The molecule has 3 heteroatoms. The Hall–Kier alpha value is -0.570. The monoisotopic (exact) mass is 252 g/mol. The minimum Gasteiger partial charge on any atom is -0.355 e. The molecule has 104 valence electrons. The van der Waals surface area contributed by atoms with Gasteiger partial charge in [0.15, 0.2) is 0 Å². The third-order valence-electron chi connectivity index (χ3n) is 4.45. The van der Waals surface area contributed by atoms with Crippen LogP contribution < -0.4 is 10.6 Å². The summed E-state index contributed by atoms with van der Waals surface area (Å²) in [5.41, 5.74) is 0. The maximum atomic E-state index is 11.9. The van der Waals surface area contributed by atoms with Gasteiger partial charge in [0, 0.05) is 25.0 Å². The highest BCUT2D eigenvalue weighted by atomic mass is 16.1. The van der Waals surface area contributed by atoms with Gasteiger partial charge in [-0.3, -0.25) is 4.79 Å². The minimum absolute atomic E-state index is 0.266. The molecule has 2 rings (SSSR count). The number of rotatable bonds is 4. The van der Waals surface area contributed by atoms with Crippen LogP contribution in [0.15, 0.2) is 0 Å². The molecule has 0 aromatic rings. The molecule has 2 aliphatic rings. The topological polar surface area (TPSA) is 41.1 Å². The van der Waals surface area contributed by atoms with Gasteiger partial charge < -0.3 is 10.6 Å². The molecule has 0 aromatic carbocycles. The summed E-state index contributed by atoms with van der Waals surface area (Å²) in [6.45, 7) is 3.05. The molecule has 0 bridgehead atoms. The van der Waals surface area contributed by atoms with Crippen LogP contribution in [0.25, 0.3) is 0 Å². The van der Waals surface area contributed by atoms with Crippen molar-refractivity contribution in [3.8, 4) is 0 Å². The summed E-state index contributed by atoms with van der Waals surface area (Å²) in [4.78, 5) is 11.9. The summed E-state index contributed by atoms with van der Waals surface area (Å²) < 4.78 is 0. The second kappa shape index (κ2) is 7.13. The summed E-state index contributed by atoms with van der Waals surface area (Å²) in [7, 11) is 0. The van der Waals surface area contributed by atoms with Crippen LogP contribution in [0.4, 0.5) is 0 Å². The van der Waals surface area contributed by atoms with Crippen molar-refractivity contribution in [1.29, 1.82) is 0 Å². The van der Waals surface area contributed by atoms with Gasteiger partial charge in [0.25, 0.3) is 0 Å². The van der Waals surface area contributed by atoms with Gasteiger partial charge in [-0.05, 0) is 38.5 Å². The number of amides is 1. The maximum Gasteiger partial charge on any atom is 0.220 e. The lowest BCUT2D eigenvalue weighted by molar-refractivity contribution is -0.122. The zero-order valence-electron chi connectivity index (χ0n) is 11.7. The molecule has 2 fully saturated rings. The van der Waals surface area contributed by atoms with Gasteiger partial charge in [-0.25, -0.2) is 0 Å². The molecule has 1 aliphatic carbocycles. The van der Waals surface area contributed by atoms with Gasteiger partial charge in [-0.15, -0.1) is 0 Å². The zero-order valence-corrected chi connectivity index (χ0v) is 11.7. The summed E-state index contributed by atoms with van der Waals surface area (Å²) in [6.07, 6.45) is 11.0. The molecular weight excluding hydrogens is 224 g/mol. The van der Waals surface area contributed by atoms with Crippen molar-refractivity contribution < 1.29 is 4.79 Å². The van der Waals surface area contributed by atoms with Gasteiger partial charge in [-0.1, -0.05) is 25.7 Å². The fourth-order valence-electron chi connectivity index (χ4n) is 3.36. The van der Waals surface area contributed by atoms with E-state index in [0.717, 1.165) is 13.0 Å². The van der Waals surface area contributed by atoms with E-state index in [2.05, 4.69) is 17.6 Å². The Morgan fingerprint density at radius 2 is 1.89 bits per heavy atom. The molecule has 2 N–H and O–H groups in total. The van der Waals surface area contributed by atoms with E-state index in [0.29, 0.717) is 18.0 Å². The third-order valence-corrected chi connectivity index (χ3v) is 4.45. The van der Waals surface area contributed by atoms with Crippen LogP contribution in [0.3, 0.4) is 0 Å². The molecule has 1 saturated carbocycles. The van der Waals surface area contributed by atoms with Gasteiger partial charge in [0.1, 0.15) is 0 Å². The van der Waals surface area contributed by atoms with Crippen LogP contribution in [0.1, 0.15) is 64.7 Å². The molecular formula is C15H28N2O. The Labute approximate surface area is 111 Å². The minimum atomic E-state index is 0.266. The van der Waals surface area contributed by atoms with Crippen molar-refractivity contribution in [2.75, 3.05) is 6.54 Å². The average molecular weight is 252 g/mol. The van der Waals surface area contributed by atoms with Gasteiger partial charge >= 0.3 is 0 Å². The fraction of sp³-hybridized carbons (Fsp3) is 0.933. The highest BCUT2D eigenvalue weighted by molar-refractivity contribution is 5.76. The molecule has 1 saturated heterocycles. The van der Waals surface area contributed by atoms with E-state index in [1.807, 2.05) is 0 Å². The number of hydrogen-bond acceptors (Lipinski definition) is 2. The molecule has 0 spiro atoms. The van der Waals surface area contributed by atoms with E-state index in [4.69, 9.17) is 0 Å². The molecule has 1 heterocycles. The largest absolute Gasteiger partial charge is 0.355 e. The van der Waals surface area contributed by atoms with Gasteiger partial charge in [0.05, 0.1) is 0 Å². The Balaban J connectivity index is 1.61. The highest BCUT2D eigenvalue weighted by Crippen LogP contribution is 2.26. The van der Waals surface area contributed by atoms with Crippen molar-refractivity contribution in [3.05, 3.63) is 0 Å². The van der Waals surface area contributed by atoms with Gasteiger partial charge in [0.2, 0.25) is 5.91 Å². The first-order chi connectivity index (χ1) is 8.74.